The summed E-state index contributed by atoms with van der Waals surface area (Å²) in [6.45, 7) is 0. The van der Waals surface area contributed by atoms with Crippen LogP contribution in [0.2, 0.25) is 0 Å². The molecule has 0 bridgehead atoms. The first-order chi connectivity index (χ1) is 6.20. The van der Waals surface area contributed by atoms with Gasteiger partial charge in [-0.1, -0.05) is 0 Å². The average Bonchev–Trinajstić information content (AvgIpc) is 2.16. The van der Waals surface area contributed by atoms with Gasteiger partial charge in [0.1, 0.15) is 0 Å². The monoisotopic (exact) mass is 201 g/mol. The van der Waals surface area contributed by atoms with Crippen LogP contribution in [0.15, 0.2) is 12.3 Å². The van der Waals surface area contributed by atoms with Crippen molar-refractivity contribution in [3.63, 3.8) is 0 Å². The number of nitrogens with zero attached hydrogens (tertiary/aromatic N) is 1. The summed E-state index contributed by atoms with van der Waals surface area (Å²) in [5.41, 5.74) is 0.246. The zero-order chi connectivity index (χ0) is 9.84. The highest BCUT2D eigenvalue weighted by Gasteiger charge is 2.15. The van der Waals surface area contributed by atoms with Crippen molar-refractivity contribution < 1.29 is 14.3 Å². The van der Waals surface area contributed by atoms with E-state index in [2.05, 4.69) is 4.98 Å². The molecule has 0 saturated carbocycles. The second-order valence-corrected chi connectivity index (χ2v) is 2.52. The molecule has 0 unspecified atom stereocenters. The lowest BCUT2D eigenvalue weighted by Crippen LogP contribution is -1.99. The molecular weight excluding hydrogens is 194 g/mol. The van der Waals surface area contributed by atoms with Gasteiger partial charge in [-0.3, -0.25) is 4.79 Å². The highest BCUT2D eigenvalue weighted by Crippen LogP contribution is 2.28. The first-order valence-electron chi connectivity index (χ1n) is 3.47. The molecule has 1 rings (SSSR count). The van der Waals surface area contributed by atoms with E-state index in [-0.39, 0.29) is 17.2 Å². The SMILES string of the molecule is COc1nccc(C(=O)Cl)c1OC. The largest absolute Gasteiger partial charge is 0.491 e. The molecule has 0 aliphatic rings. The number of hydrogen-bond acceptors (Lipinski definition) is 4. The minimum absolute atomic E-state index is 0.244. The molecule has 0 aliphatic heterocycles. The number of carbonyl (C=O) groups is 1. The van der Waals surface area contributed by atoms with Gasteiger partial charge in [0.25, 0.3) is 11.1 Å². The Balaban J connectivity index is 3.27. The van der Waals surface area contributed by atoms with Gasteiger partial charge < -0.3 is 9.47 Å². The van der Waals surface area contributed by atoms with E-state index in [1.54, 1.807) is 0 Å². The van der Waals surface area contributed by atoms with Crippen molar-refractivity contribution in [3.05, 3.63) is 17.8 Å². The Labute approximate surface area is 80.4 Å². The van der Waals surface area contributed by atoms with E-state index in [0.29, 0.717) is 0 Å². The number of ether oxygens (including phenoxy) is 2. The van der Waals surface area contributed by atoms with E-state index < -0.39 is 5.24 Å². The van der Waals surface area contributed by atoms with Crippen LogP contribution >= 0.6 is 11.6 Å². The van der Waals surface area contributed by atoms with Gasteiger partial charge in [0, 0.05) is 6.20 Å². The molecule has 0 aromatic carbocycles. The summed E-state index contributed by atoms with van der Waals surface area (Å²) in [7, 11) is 2.86. The van der Waals surface area contributed by atoms with E-state index in [0.717, 1.165) is 0 Å². The van der Waals surface area contributed by atoms with Crippen LogP contribution in [-0.2, 0) is 0 Å². The van der Waals surface area contributed by atoms with Gasteiger partial charge in [0.05, 0.1) is 19.8 Å². The quantitative estimate of drug-likeness (QED) is 0.695. The molecule has 0 radical (unpaired) electrons. The molecule has 1 aromatic rings. The number of hydrogen-bond donors (Lipinski definition) is 0. The van der Waals surface area contributed by atoms with Gasteiger partial charge in [-0.05, 0) is 17.7 Å². The standard InChI is InChI=1S/C8H8ClNO3/c1-12-6-5(7(9)11)3-4-10-8(6)13-2/h3-4H,1-2H3. The second-order valence-electron chi connectivity index (χ2n) is 2.17. The fourth-order valence-corrected chi connectivity index (χ4v) is 1.08. The van der Waals surface area contributed by atoms with Crippen LogP contribution in [-0.4, -0.2) is 24.4 Å². The fraction of sp³-hybridized carbons (Fsp3) is 0.250. The summed E-state index contributed by atoms with van der Waals surface area (Å²) >= 11 is 5.31. The van der Waals surface area contributed by atoms with Gasteiger partial charge in [0.15, 0.2) is 5.75 Å². The first-order valence-corrected chi connectivity index (χ1v) is 3.85. The summed E-state index contributed by atoms with van der Waals surface area (Å²) < 4.78 is 9.82. The fourth-order valence-electron chi connectivity index (χ4n) is 0.926. The number of rotatable bonds is 3. The highest BCUT2D eigenvalue weighted by molar-refractivity contribution is 6.68. The van der Waals surface area contributed by atoms with Crippen LogP contribution in [0.3, 0.4) is 0 Å². The zero-order valence-electron chi connectivity index (χ0n) is 7.20. The molecule has 1 aromatic heterocycles. The maximum Gasteiger partial charge on any atom is 0.257 e. The van der Waals surface area contributed by atoms with Crippen molar-refractivity contribution >= 4 is 16.8 Å². The Kier molecular flexibility index (Phi) is 3.08. The van der Waals surface area contributed by atoms with E-state index in [1.807, 2.05) is 0 Å². The molecule has 0 aliphatic carbocycles. The Hall–Kier alpha value is -1.29. The minimum atomic E-state index is -0.599. The van der Waals surface area contributed by atoms with Crippen molar-refractivity contribution in [2.24, 2.45) is 0 Å². The third-order valence-electron chi connectivity index (χ3n) is 1.48. The van der Waals surface area contributed by atoms with Gasteiger partial charge in [-0.15, -0.1) is 0 Å². The average molecular weight is 202 g/mol. The minimum Gasteiger partial charge on any atom is -0.491 e. The summed E-state index contributed by atoms with van der Waals surface area (Å²) in [6.07, 6.45) is 1.43. The van der Waals surface area contributed by atoms with Crippen molar-refractivity contribution in [2.45, 2.75) is 0 Å². The van der Waals surface area contributed by atoms with Crippen LogP contribution in [0.25, 0.3) is 0 Å². The lowest BCUT2D eigenvalue weighted by molar-refractivity contribution is 0.107. The molecule has 0 spiro atoms. The zero-order valence-corrected chi connectivity index (χ0v) is 7.96. The van der Waals surface area contributed by atoms with Crippen molar-refractivity contribution in [1.82, 2.24) is 4.98 Å². The van der Waals surface area contributed by atoms with Gasteiger partial charge in [0.2, 0.25) is 0 Å². The number of carbonyl (C=O) groups excluding carboxylic acids is 1. The van der Waals surface area contributed by atoms with E-state index >= 15 is 0 Å². The molecular formula is C8H8ClNO3. The second kappa shape index (κ2) is 4.09. The first kappa shape index (κ1) is 9.80. The third-order valence-corrected chi connectivity index (χ3v) is 1.68. The molecule has 5 heteroatoms. The predicted molar refractivity (Wildman–Crippen MR) is 47.5 cm³/mol. The summed E-state index contributed by atoms with van der Waals surface area (Å²) in [5, 5.41) is -0.599. The van der Waals surface area contributed by atoms with Crippen molar-refractivity contribution in [1.29, 1.82) is 0 Å². The Bertz CT molecular complexity index is 327. The molecule has 0 saturated heterocycles. The van der Waals surface area contributed by atoms with Gasteiger partial charge in [-0.25, -0.2) is 4.98 Å². The maximum absolute atomic E-state index is 10.9. The summed E-state index contributed by atoms with van der Waals surface area (Å²) in [5.74, 6) is 0.499. The highest BCUT2D eigenvalue weighted by atomic mass is 35.5. The lowest BCUT2D eigenvalue weighted by Gasteiger charge is -2.07. The predicted octanol–water partition coefficient (Wildman–Crippen LogP) is 1.48. The topological polar surface area (TPSA) is 48.4 Å². The van der Waals surface area contributed by atoms with Crippen LogP contribution < -0.4 is 9.47 Å². The Morgan fingerprint density at radius 1 is 1.46 bits per heavy atom. The molecule has 0 amide bonds. The van der Waals surface area contributed by atoms with Crippen LogP contribution in [0, 0.1) is 0 Å². The van der Waals surface area contributed by atoms with Crippen LogP contribution in [0.4, 0.5) is 0 Å². The van der Waals surface area contributed by atoms with Crippen molar-refractivity contribution in [3.8, 4) is 11.6 Å². The van der Waals surface area contributed by atoms with E-state index in [9.17, 15) is 4.79 Å². The molecule has 0 fully saturated rings. The van der Waals surface area contributed by atoms with Crippen LogP contribution in [0.1, 0.15) is 10.4 Å². The van der Waals surface area contributed by atoms with Gasteiger partial charge in [-0.2, -0.15) is 0 Å². The summed E-state index contributed by atoms with van der Waals surface area (Å²) in [6, 6.07) is 1.47. The number of pyridine rings is 1. The normalized spacial score (nSPS) is 9.46. The summed E-state index contributed by atoms with van der Waals surface area (Å²) in [4.78, 5) is 14.7. The van der Waals surface area contributed by atoms with Gasteiger partial charge >= 0.3 is 0 Å². The maximum atomic E-state index is 10.9. The number of aromatic nitrogens is 1. The molecule has 0 N–H and O–H groups in total. The Morgan fingerprint density at radius 3 is 2.62 bits per heavy atom. The molecule has 0 atom stereocenters. The lowest BCUT2D eigenvalue weighted by atomic mass is 10.2. The number of halogens is 1. The molecule has 4 nitrogen and oxygen atoms in total. The Morgan fingerprint density at radius 2 is 2.15 bits per heavy atom. The smallest absolute Gasteiger partial charge is 0.257 e. The molecule has 70 valence electrons. The van der Waals surface area contributed by atoms with E-state index in [4.69, 9.17) is 21.1 Å². The molecule has 1 heterocycles. The van der Waals surface area contributed by atoms with Crippen LogP contribution in [0.5, 0.6) is 11.6 Å². The molecule has 13 heavy (non-hydrogen) atoms. The van der Waals surface area contributed by atoms with E-state index in [1.165, 1.54) is 26.5 Å². The number of methoxy groups -OCH3 is 2. The van der Waals surface area contributed by atoms with Crippen molar-refractivity contribution in [2.75, 3.05) is 14.2 Å². The third kappa shape index (κ3) is 1.89.